The summed E-state index contributed by atoms with van der Waals surface area (Å²) in [6, 6.07) is 7.36. The lowest BCUT2D eigenvalue weighted by molar-refractivity contribution is -0.144. The molecule has 0 bridgehead atoms. The molecule has 2 heterocycles. The predicted octanol–water partition coefficient (Wildman–Crippen LogP) is 4.41. The number of aryl methyl sites for hydroxylation is 2. The molecule has 33 heavy (non-hydrogen) atoms. The Morgan fingerprint density at radius 3 is 2.30 bits per heavy atom. The fourth-order valence-electron chi connectivity index (χ4n) is 3.46. The molecule has 2 aromatic heterocycles. The Hall–Kier alpha value is -4.01. The van der Waals surface area contributed by atoms with Gasteiger partial charge in [-0.3, -0.25) is 4.79 Å². The molecule has 9 heteroatoms. The van der Waals surface area contributed by atoms with E-state index in [9.17, 15) is 4.79 Å². The van der Waals surface area contributed by atoms with Gasteiger partial charge in [0.15, 0.2) is 18.1 Å². The average Bonchev–Trinajstić information content (AvgIpc) is 3.44. The summed E-state index contributed by atoms with van der Waals surface area (Å²) in [6.45, 7) is 3.89. The number of hydrogen-bond donors (Lipinski definition) is 0. The third kappa shape index (κ3) is 4.48. The Balaban J connectivity index is 1.44. The Bertz CT molecular complexity index is 1280. The third-order valence-corrected chi connectivity index (χ3v) is 5.34. The number of carbonyl (C=O) groups is 1. The minimum absolute atomic E-state index is 0.0728. The lowest BCUT2D eigenvalue weighted by Gasteiger charge is -2.12. The first-order valence-electron chi connectivity index (χ1n) is 10.2. The van der Waals surface area contributed by atoms with Crippen LogP contribution in [0.25, 0.3) is 22.4 Å². The van der Waals surface area contributed by atoms with Gasteiger partial charge in [-0.1, -0.05) is 0 Å². The Morgan fingerprint density at radius 2 is 1.64 bits per heavy atom. The summed E-state index contributed by atoms with van der Waals surface area (Å²) >= 11 is 0. The minimum atomic E-state index is -0.427. The van der Waals surface area contributed by atoms with Crippen LogP contribution in [0.15, 0.2) is 39.4 Å². The molecule has 172 valence electrons. The van der Waals surface area contributed by atoms with Crippen molar-refractivity contribution in [2.24, 2.45) is 0 Å². The molecule has 0 N–H and O–H groups in total. The number of aromatic nitrogens is 2. The second-order valence-corrected chi connectivity index (χ2v) is 7.45. The van der Waals surface area contributed by atoms with Crippen LogP contribution in [0.3, 0.4) is 0 Å². The van der Waals surface area contributed by atoms with Gasteiger partial charge in [0.2, 0.25) is 11.6 Å². The van der Waals surface area contributed by atoms with E-state index in [0.29, 0.717) is 22.8 Å². The Labute approximate surface area is 190 Å². The molecule has 0 aliphatic rings. The standard InChI is InChI=1S/C24H24N2O7/c1-13-6-17-16(11-31-18(17)7-14(13)2)10-22(27)32-12-21-25-26-24(33-21)15-8-19(28-3)23(30-5)20(9-15)29-4/h6-9,11H,10,12H2,1-5H3. The van der Waals surface area contributed by atoms with Crippen molar-refractivity contribution in [2.45, 2.75) is 26.9 Å². The molecule has 4 rings (SSSR count). The number of esters is 1. The highest BCUT2D eigenvalue weighted by molar-refractivity contribution is 5.86. The number of nitrogens with zero attached hydrogens (tertiary/aromatic N) is 2. The van der Waals surface area contributed by atoms with Gasteiger partial charge in [0.1, 0.15) is 5.58 Å². The van der Waals surface area contributed by atoms with Gasteiger partial charge in [-0.25, -0.2) is 0 Å². The molecular weight excluding hydrogens is 428 g/mol. The minimum Gasteiger partial charge on any atom is -0.493 e. The first kappa shape index (κ1) is 22.2. The predicted molar refractivity (Wildman–Crippen MR) is 119 cm³/mol. The summed E-state index contributed by atoms with van der Waals surface area (Å²) in [7, 11) is 4.56. The number of fused-ring (bicyclic) bond motifs is 1. The van der Waals surface area contributed by atoms with E-state index in [1.807, 2.05) is 26.0 Å². The zero-order chi connectivity index (χ0) is 23.5. The van der Waals surface area contributed by atoms with Gasteiger partial charge >= 0.3 is 5.97 Å². The number of rotatable bonds is 8. The van der Waals surface area contributed by atoms with Crippen LogP contribution in [0.4, 0.5) is 0 Å². The zero-order valence-corrected chi connectivity index (χ0v) is 19.1. The highest BCUT2D eigenvalue weighted by atomic mass is 16.5. The average molecular weight is 452 g/mol. The van der Waals surface area contributed by atoms with Crippen LogP contribution < -0.4 is 14.2 Å². The zero-order valence-electron chi connectivity index (χ0n) is 19.1. The van der Waals surface area contributed by atoms with E-state index in [-0.39, 0.29) is 24.8 Å². The van der Waals surface area contributed by atoms with Crippen molar-refractivity contribution >= 4 is 16.9 Å². The highest BCUT2D eigenvalue weighted by Gasteiger charge is 2.19. The number of furan rings is 1. The first-order chi connectivity index (χ1) is 15.9. The SMILES string of the molecule is COc1cc(-c2nnc(COC(=O)Cc3coc4cc(C)c(C)cc34)o2)cc(OC)c1OC. The number of ether oxygens (including phenoxy) is 4. The van der Waals surface area contributed by atoms with Gasteiger partial charge < -0.3 is 27.8 Å². The maximum Gasteiger partial charge on any atom is 0.310 e. The molecule has 0 fully saturated rings. The molecule has 0 saturated carbocycles. The number of benzene rings is 2. The van der Waals surface area contributed by atoms with E-state index in [2.05, 4.69) is 10.2 Å². The molecule has 0 amide bonds. The monoisotopic (exact) mass is 452 g/mol. The largest absolute Gasteiger partial charge is 0.493 e. The summed E-state index contributed by atoms with van der Waals surface area (Å²) in [6.07, 6.45) is 1.66. The molecule has 2 aromatic carbocycles. The summed E-state index contributed by atoms with van der Waals surface area (Å²) in [4.78, 5) is 12.4. The quantitative estimate of drug-likeness (QED) is 0.359. The molecule has 4 aromatic rings. The molecule has 0 aliphatic heterocycles. The van der Waals surface area contributed by atoms with Crippen molar-refractivity contribution < 1.29 is 32.6 Å². The molecular formula is C24H24N2O7. The second kappa shape index (κ2) is 9.23. The fraction of sp³-hybridized carbons (Fsp3) is 0.292. The molecule has 0 spiro atoms. The number of hydrogen-bond acceptors (Lipinski definition) is 9. The van der Waals surface area contributed by atoms with Gasteiger partial charge in [-0.15, -0.1) is 10.2 Å². The first-order valence-corrected chi connectivity index (χ1v) is 10.2. The molecule has 0 saturated heterocycles. The van der Waals surface area contributed by atoms with Crippen molar-refractivity contribution in [1.82, 2.24) is 10.2 Å². The van der Waals surface area contributed by atoms with Crippen molar-refractivity contribution in [3.05, 3.63) is 53.1 Å². The van der Waals surface area contributed by atoms with Crippen LogP contribution >= 0.6 is 0 Å². The van der Waals surface area contributed by atoms with Crippen LogP contribution in [0, 0.1) is 13.8 Å². The van der Waals surface area contributed by atoms with E-state index < -0.39 is 5.97 Å². The number of methoxy groups -OCH3 is 3. The maximum absolute atomic E-state index is 12.4. The summed E-state index contributed by atoms with van der Waals surface area (Å²) in [5.74, 6) is 1.33. The Kier molecular flexibility index (Phi) is 6.21. The van der Waals surface area contributed by atoms with Crippen LogP contribution in [0.5, 0.6) is 17.2 Å². The van der Waals surface area contributed by atoms with Gasteiger partial charge in [-0.05, 0) is 49.2 Å². The number of carbonyl (C=O) groups excluding carboxylic acids is 1. The van der Waals surface area contributed by atoms with E-state index >= 15 is 0 Å². The third-order valence-electron chi connectivity index (χ3n) is 5.34. The maximum atomic E-state index is 12.4. The van der Waals surface area contributed by atoms with E-state index in [4.69, 9.17) is 27.8 Å². The smallest absolute Gasteiger partial charge is 0.310 e. The van der Waals surface area contributed by atoms with E-state index in [0.717, 1.165) is 27.7 Å². The summed E-state index contributed by atoms with van der Waals surface area (Å²) < 4.78 is 32.6. The lowest BCUT2D eigenvalue weighted by atomic mass is 10.0. The lowest BCUT2D eigenvalue weighted by Crippen LogP contribution is -2.08. The van der Waals surface area contributed by atoms with Crippen molar-refractivity contribution in [2.75, 3.05) is 21.3 Å². The van der Waals surface area contributed by atoms with E-state index in [1.54, 1.807) is 18.4 Å². The summed E-state index contributed by atoms with van der Waals surface area (Å²) in [5.41, 5.74) is 4.34. The van der Waals surface area contributed by atoms with Crippen molar-refractivity contribution in [1.29, 1.82) is 0 Å². The molecule has 0 atom stereocenters. The molecule has 0 aliphatic carbocycles. The van der Waals surface area contributed by atoms with E-state index in [1.165, 1.54) is 21.3 Å². The van der Waals surface area contributed by atoms with Gasteiger partial charge in [0.25, 0.3) is 5.89 Å². The topological polar surface area (TPSA) is 106 Å². The van der Waals surface area contributed by atoms with Crippen LogP contribution in [-0.2, 0) is 22.6 Å². The molecule has 9 nitrogen and oxygen atoms in total. The molecule has 0 radical (unpaired) electrons. The molecule has 0 unspecified atom stereocenters. The van der Waals surface area contributed by atoms with Crippen molar-refractivity contribution in [3.8, 4) is 28.7 Å². The van der Waals surface area contributed by atoms with Gasteiger partial charge in [-0.2, -0.15) is 0 Å². The van der Waals surface area contributed by atoms with Crippen LogP contribution in [-0.4, -0.2) is 37.5 Å². The van der Waals surface area contributed by atoms with Gasteiger partial charge in [0.05, 0.1) is 34.0 Å². The van der Waals surface area contributed by atoms with Crippen molar-refractivity contribution in [3.63, 3.8) is 0 Å². The fourth-order valence-corrected chi connectivity index (χ4v) is 3.46. The van der Waals surface area contributed by atoms with Crippen LogP contribution in [0.1, 0.15) is 22.6 Å². The Morgan fingerprint density at radius 1 is 0.939 bits per heavy atom. The highest BCUT2D eigenvalue weighted by Crippen LogP contribution is 2.40. The second-order valence-electron chi connectivity index (χ2n) is 7.45. The normalized spacial score (nSPS) is 10.9. The summed E-state index contributed by atoms with van der Waals surface area (Å²) in [5, 5.41) is 8.89. The van der Waals surface area contributed by atoms with Crippen LogP contribution in [0.2, 0.25) is 0 Å². The van der Waals surface area contributed by atoms with Gasteiger partial charge in [0, 0.05) is 16.5 Å².